The van der Waals surface area contributed by atoms with Crippen LogP contribution in [0.2, 0.25) is 0 Å². The van der Waals surface area contributed by atoms with Crippen LogP contribution < -0.4 is 5.32 Å². The number of hydrogen-bond donors (Lipinski definition) is 1. The Labute approximate surface area is 107 Å². The minimum atomic E-state index is 0.00657. The number of rotatable bonds is 3. The van der Waals surface area contributed by atoms with Crippen molar-refractivity contribution < 1.29 is 9.53 Å². The third-order valence-electron chi connectivity index (χ3n) is 4.05. The highest BCUT2D eigenvalue weighted by Gasteiger charge is 2.30. The highest BCUT2D eigenvalue weighted by molar-refractivity contribution is 5.95. The van der Waals surface area contributed by atoms with Crippen LogP contribution in [-0.2, 0) is 17.7 Å². The first kappa shape index (κ1) is 11.7. The Hall–Kier alpha value is -1.36. The van der Waals surface area contributed by atoms with Crippen LogP contribution >= 0.6 is 0 Å². The summed E-state index contributed by atoms with van der Waals surface area (Å²) in [4.78, 5) is 12.3. The van der Waals surface area contributed by atoms with Crippen molar-refractivity contribution >= 4 is 5.91 Å². The van der Waals surface area contributed by atoms with Crippen LogP contribution in [0, 0.1) is 0 Å². The van der Waals surface area contributed by atoms with E-state index in [0.717, 1.165) is 49.9 Å². The summed E-state index contributed by atoms with van der Waals surface area (Å²) in [6, 6.07) is 0.152. The van der Waals surface area contributed by atoms with Gasteiger partial charge in [0.25, 0.3) is 5.91 Å². The standard InChI is InChI=1S/C13H19N3O2/c1-18-12-6-2-4-10(12)15-13(17)9-8-14-16-7-3-5-11(9)16/h8,10,12H,2-7H2,1H3,(H,15,17)/t10-,12-/m1/s1. The fourth-order valence-electron chi connectivity index (χ4n) is 3.07. The summed E-state index contributed by atoms with van der Waals surface area (Å²) in [7, 11) is 1.72. The molecule has 1 N–H and O–H groups in total. The van der Waals surface area contributed by atoms with Crippen LogP contribution in [0.25, 0.3) is 0 Å². The molecule has 98 valence electrons. The van der Waals surface area contributed by atoms with Gasteiger partial charge in [-0.25, -0.2) is 0 Å². The molecule has 1 aromatic rings. The molecule has 3 rings (SSSR count). The molecule has 1 aromatic heterocycles. The minimum absolute atomic E-state index is 0.00657. The van der Waals surface area contributed by atoms with Gasteiger partial charge in [0.1, 0.15) is 0 Å². The van der Waals surface area contributed by atoms with Gasteiger partial charge in [0, 0.05) is 13.7 Å². The van der Waals surface area contributed by atoms with Gasteiger partial charge in [0.05, 0.1) is 29.6 Å². The molecule has 1 saturated carbocycles. The first-order valence-corrected chi connectivity index (χ1v) is 6.68. The highest BCUT2D eigenvalue weighted by Crippen LogP contribution is 2.23. The molecule has 1 amide bonds. The van der Waals surface area contributed by atoms with E-state index in [1.54, 1.807) is 13.3 Å². The van der Waals surface area contributed by atoms with Gasteiger partial charge < -0.3 is 10.1 Å². The van der Waals surface area contributed by atoms with Crippen molar-refractivity contribution in [1.82, 2.24) is 15.1 Å². The number of hydrogen-bond acceptors (Lipinski definition) is 3. The first-order chi connectivity index (χ1) is 8.79. The van der Waals surface area contributed by atoms with Crippen molar-refractivity contribution in [1.29, 1.82) is 0 Å². The lowest BCUT2D eigenvalue weighted by molar-refractivity contribution is 0.0721. The lowest BCUT2D eigenvalue weighted by Gasteiger charge is -2.19. The smallest absolute Gasteiger partial charge is 0.255 e. The average Bonchev–Trinajstić information content (AvgIpc) is 3.03. The van der Waals surface area contributed by atoms with E-state index in [9.17, 15) is 4.79 Å². The van der Waals surface area contributed by atoms with Crippen molar-refractivity contribution in [2.45, 2.75) is 50.8 Å². The summed E-state index contributed by atoms with van der Waals surface area (Å²) in [6.45, 7) is 0.937. The van der Waals surface area contributed by atoms with Crippen LogP contribution in [-0.4, -0.2) is 34.9 Å². The van der Waals surface area contributed by atoms with Crippen molar-refractivity contribution in [3.8, 4) is 0 Å². The Kier molecular flexibility index (Phi) is 3.07. The van der Waals surface area contributed by atoms with Gasteiger partial charge in [0.15, 0.2) is 0 Å². The first-order valence-electron chi connectivity index (χ1n) is 6.68. The van der Waals surface area contributed by atoms with E-state index in [4.69, 9.17) is 4.74 Å². The second kappa shape index (κ2) is 4.72. The summed E-state index contributed by atoms with van der Waals surface area (Å²) < 4.78 is 7.34. The second-order valence-corrected chi connectivity index (χ2v) is 5.12. The van der Waals surface area contributed by atoms with Crippen molar-refractivity contribution in [2.75, 3.05) is 7.11 Å². The Balaban J connectivity index is 1.71. The molecule has 0 aromatic carbocycles. The summed E-state index contributed by atoms with van der Waals surface area (Å²) >= 11 is 0. The molecule has 5 heteroatoms. The fourth-order valence-corrected chi connectivity index (χ4v) is 3.07. The zero-order chi connectivity index (χ0) is 12.5. The second-order valence-electron chi connectivity index (χ2n) is 5.12. The van der Waals surface area contributed by atoms with Gasteiger partial charge in [-0.15, -0.1) is 0 Å². The van der Waals surface area contributed by atoms with E-state index in [0.29, 0.717) is 0 Å². The number of nitrogens with one attached hydrogen (secondary N) is 1. The van der Waals surface area contributed by atoms with Crippen molar-refractivity contribution in [3.05, 3.63) is 17.5 Å². The maximum absolute atomic E-state index is 12.3. The van der Waals surface area contributed by atoms with Gasteiger partial charge in [-0.2, -0.15) is 5.10 Å². The molecular formula is C13H19N3O2. The van der Waals surface area contributed by atoms with E-state index < -0.39 is 0 Å². The Morgan fingerprint density at radius 2 is 2.39 bits per heavy atom. The predicted octanol–water partition coefficient (Wildman–Crippen LogP) is 1.13. The average molecular weight is 249 g/mol. The van der Waals surface area contributed by atoms with E-state index in [2.05, 4.69) is 10.4 Å². The summed E-state index contributed by atoms with van der Waals surface area (Å²) in [5, 5.41) is 7.35. The van der Waals surface area contributed by atoms with Crippen molar-refractivity contribution in [3.63, 3.8) is 0 Å². The zero-order valence-corrected chi connectivity index (χ0v) is 10.7. The molecular weight excluding hydrogens is 230 g/mol. The quantitative estimate of drug-likeness (QED) is 0.873. The zero-order valence-electron chi connectivity index (χ0n) is 10.7. The molecule has 18 heavy (non-hydrogen) atoms. The summed E-state index contributed by atoms with van der Waals surface area (Å²) in [5.41, 5.74) is 1.83. The Morgan fingerprint density at radius 1 is 1.50 bits per heavy atom. The van der Waals surface area contributed by atoms with Crippen LogP contribution in [0.5, 0.6) is 0 Å². The number of amides is 1. The fraction of sp³-hybridized carbons (Fsp3) is 0.692. The number of fused-ring (bicyclic) bond motifs is 1. The van der Waals surface area contributed by atoms with Gasteiger partial charge in [0.2, 0.25) is 0 Å². The van der Waals surface area contributed by atoms with Gasteiger partial charge in [-0.05, 0) is 32.1 Å². The van der Waals surface area contributed by atoms with Gasteiger partial charge >= 0.3 is 0 Å². The number of methoxy groups -OCH3 is 1. The number of carbonyl (C=O) groups is 1. The molecule has 0 radical (unpaired) electrons. The lowest BCUT2D eigenvalue weighted by Crippen LogP contribution is -2.40. The molecule has 0 unspecified atom stereocenters. The molecule has 2 aliphatic rings. The van der Waals surface area contributed by atoms with Crippen LogP contribution in [0.3, 0.4) is 0 Å². The van der Waals surface area contributed by atoms with Crippen LogP contribution in [0.4, 0.5) is 0 Å². The molecule has 2 atom stereocenters. The maximum Gasteiger partial charge on any atom is 0.255 e. The minimum Gasteiger partial charge on any atom is -0.379 e. The van der Waals surface area contributed by atoms with E-state index in [-0.39, 0.29) is 18.1 Å². The van der Waals surface area contributed by atoms with Crippen LogP contribution in [0.1, 0.15) is 41.7 Å². The predicted molar refractivity (Wildman–Crippen MR) is 66.5 cm³/mol. The van der Waals surface area contributed by atoms with Gasteiger partial charge in [-0.3, -0.25) is 9.48 Å². The third kappa shape index (κ3) is 1.92. The van der Waals surface area contributed by atoms with E-state index in [1.165, 1.54) is 0 Å². The molecule has 1 aliphatic carbocycles. The molecule has 0 saturated heterocycles. The Morgan fingerprint density at radius 3 is 3.22 bits per heavy atom. The normalized spacial score (nSPS) is 26.3. The van der Waals surface area contributed by atoms with E-state index in [1.807, 2.05) is 4.68 Å². The molecule has 1 aliphatic heterocycles. The summed E-state index contributed by atoms with van der Waals surface area (Å²) in [6.07, 6.45) is 7.07. The number of carbonyl (C=O) groups excluding carboxylic acids is 1. The number of nitrogens with zero attached hydrogens (tertiary/aromatic N) is 2. The largest absolute Gasteiger partial charge is 0.379 e. The van der Waals surface area contributed by atoms with E-state index >= 15 is 0 Å². The monoisotopic (exact) mass is 249 g/mol. The topological polar surface area (TPSA) is 56.1 Å². The lowest BCUT2D eigenvalue weighted by atomic mass is 10.1. The summed E-state index contributed by atoms with van der Waals surface area (Å²) in [5.74, 6) is 0.00657. The number of aryl methyl sites for hydroxylation is 1. The maximum atomic E-state index is 12.3. The highest BCUT2D eigenvalue weighted by atomic mass is 16.5. The van der Waals surface area contributed by atoms with Crippen LogP contribution in [0.15, 0.2) is 6.20 Å². The SMILES string of the molecule is CO[C@@H]1CCC[C@H]1NC(=O)c1cnn2c1CCC2. The molecule has 5 nitrogen and oxygen atoms in total. The number of ether oxygens (including phenoxy) is 1. The van der Waals surface area contributed by atoms with Gasteiger partial charge in [-0.1, -0.05) is 0 Å². The molecule has 1 fully saturated rings. The Bertz CT molecular complexity index is 455. The third-order valence-corrected chi connectivity index (χ3v) is 4.05. The molecule has 0 bridgehead atoms. The molecule has 2 heterocycles. The number of aromatic nitrogens is 2. The van der Waals surface area contributed by atoms with Crippen molar-refractivity contribution in [2.24, 2.45) is 0 Å². The molecule has 0 spiro atoms.